The molecule has 0 N–H and O–H groups in total. The topological polar surface area (TPSA) is 0 Å². The fourth-order valence-electron chi connectivity index (χ4n) is 2.69. The second-order valence-electron chi connectivity index (χ2n) is 4.62. The third-order valence-corrected chi connectivity index (χ3v) is 3.38. The lowest BCUT2D eigenvalue weighted by molar-refractivity contribution is 0.250. The van der Waals surface area contributed by atoms with Gasteiger partial charge in [-0.25, -0.2) is 0 Å². The normalized spacial score (nSPS) is 29.1. The molecule has 13 heavy (non-hydrogen) atoms. The van der Waals surface area contributed by atoms with E-state index in [2.05, 4.69) is 20.3 Å². The van der Waals surface area contributed by atoms with Crippen LogP contribution in [0.2, 0.25) is 0 Å². The van der Waals surface area contributed by atoms with Crippen molar-refractivity contribution in [1.82, 2.24) is 0 Å². The van der Waals surface area contributed by atoms with Crippen molar-refractivity contribution < 1.29 is 0 Å². The molecular weight excluding hydrogens is 156 g/mol. The van der Waals surface area contributed by atoms with E-state index in [1.165, 1.54) is 51.4 Å². The molecule has 1 saturated carbocycles. The van der Waals surface area contributed by atoms with Gasteiger partial charge in [-0.15, -0.1) is 0 Å². The maximum atomic E-state index is 2.47. The third kappa shape index (κ3) is 4.15. The van der Waals surface area contributed by atoms with Crippen LogP contribution in [0.15, 0.2) is 0 Å². The summed E-state index contributed by atoms with van der Waals surface area (Å²) in [6.45, 7) is 4.58. The quantitative estimate of drug-likeness (QED) is 0.581. The van der Waals surface area contributed by atoms with E-state index in [-0.39, 0.29) is 0 Å². The molecule has 1 aliphatic carbocycles. The van der Waals surface area contributed by atoms with Gasteiger partial charge in [-0.2, -0.15) is 0 Å². The first-order valence-electron chi connectivity index (χ1n) is 6.18. The SMILES string of the molecule is CC[CH]CC1CCCC(CCC)C1. The molecule has 2 unspecified atom stereocenters. The Bertz CT molecular complexity index is 115. The lowest BCUT2D eigenvalue weighted by Gasteiger charge is -2.28. The summed E-state index contributed by atoms with van der Waals surface area (Å²) in [5.74, 6) is 2.10. The van der Waals surface area contributed by atoms with E-state index in [4.69, 9.17) is 0 Å². The van der Waals surface area contributed by atoms with Crippen LogP contribution in [0.25, 0.3) is 0 Å². The number of rotatable bonds is 5. The highest BCUT2D eigenvalue weighted by atomic mass is 14.3. The van der Waals surface area contributed by atoms with Crippen LogP contribution in [-0.4, -0.2) is 0 Å². The Hall–Kier alpha value is 0. The first kappa shape index (κ1) is 11.1. The van der Waals surface area contributed by atoms with E-state index in [9.17, 15) is 0 Å². The molecule has 0 aromatic heterocycles. The van der Waals surface area contributed by atoms with Crippen molar-refractivity contribution in [2.45, 2.75) is 65.2 Å². The summed E-state index contributed by atoms with van der Waals surface area (Å²) in [4.78, 5) is 0. The van der Waals surface area contributed by atoms with E-state index in [1.807, 2.05) is 0 Å². The largest absolute Gasteiger partial charge is 0.0654 e. The highest BCUT2D eigenvalue weighted by Crippen LogP contribution is 2.34. The molecule has 2 atom stereocenters. The predicted octanol–water partition coefficient (Wildman–Crippen LogP) is 4.60. The molecule has 0 amide bonds. The van der Waals surface area contributed by atoms with Gasteiger partial charge in [0.2, 0.25) is 0 Å². The Balaban J connectivity index is 2.16. The highest BCUT2D eigenvalue weighted by Gasteiger charge is 2.20. The van der Waals surface area contributed by atoms with Gasteiger partial charge in [0.1, 0.15) is 0 Å². The van der Waals surface area contributed by atoms with Crippen molar-refractivity contribution >= 4 is 0 Å². The van der Waals surface area contributed by atoms with Crippen LogP contribution in [-0.2, 0) is 0 Å². The second-order valence-corrected chi connectivity index (χ2v) is 4.62. The maximum absolute atomic E-state index is 2.47. The van der Waals surface area contributed by atoms with Gasteiger partial charge in [0.05, 0.1) is 0 Å². The first-order chi connectivity index (χ1) is 6.36. The Morgan fingerprint density at radius 1 is 1.15 bits per heavy atom. The van der Waals surface area contributed by atoms with E-state index < -0.39 is 0 Å². The molecule has 77 valence electrons. The molecule has 0 spiro atoms. The molecule has 0 aromatic carbocycles. The molecule has 1 radical (unpaired) electrons. The molecule has 1 fully saturated rings. The fourth-order valence-corrected chi connectivity index (χ4v) is 2.69. The Morgan fingerprint density at radius 2 is 1.92 bits per heavy atom. The Kier molecular flexibility index (Phi) is 5.50. The highest BCUT2D eigenvalue weighted by molar-refractivity contribution is 4.77. The van der Waals surface area contributed by atoms with Gasteiger partial charge in [-0.1, -0.05) is 52.4 Å². The Morgan fingerprint density at radius 3 is 2.62 bits per heavy atom. The van der Waals surface area contributed by atoms with Crippen molar-refractivity contribution in [3.63, 3.8) is 0 Å². The predicted molar refractivity (Wildman–Crippen MR) is 59.6 cm³/mol. The van der Waals surface area contributed by atoms with E-state index in [0.29, 0.717) is 0 Å². The van der Waals surface area contributed by atoms with Gasteiger partial charge in [-0.05, 0) is 31.1 Å². The standard InChI is InChI=1S/C13H25/c1-3-5-8-13-10-6-9-12(11-13)7-4-2/h5,12-13H,3-4,6-11H2,1-2H3. The minimum atomic E-state index is 1.03. The zero-order valence-electron chi connectivity index (χ0n) is 9.39. The average Bonchev–Trinajstić information content (AvgIpc) is 2.16. The van der Waals surface area contributed by atoms with Crippen LogP contribution in [0.3, 0.4) is 0 Å². The molecule has 0 nitrogen and oxygen atoms in total. The van der Waals surface area contributed by atoms with E-state index in [1.54, 1.807) is 0 Å². The lowest BCUT2D eigenvalue weighted by atomic mass is 9.77. The van der Waals surface area contributed by atoms with Gasteiger partial charge in [0.15, 0.2) is 0 Å². The summed E-state index contributed by atoms with van der Waals surface area (Å²) in [5, 5.41) is 0. The zero-order chi connectivity index (χ0) is 9.52. The molecule has 0 aliphatic heterocycles. The molecule has 0 saturated heterocycles. The van der Waals surface area contributed by atoms with Crippen LogP contribution in [0.5, 0.6) is 0 Å². The second kappa shape index (κ2) is 6.45. The summed E-state index contributed by atoms with van der Waals surface area (Å²) >= 11 is 0. The van der Waals surface area contributed by atoms with E-state index in [0.717, 1.165) is 11.8 Å². The van der Waals surface area contributed by atoms with Gasteiger partial charge in [0.25, 0.3) is 0 Å². The van der Waals surface area contributed by atoms with Crippen molar-refractivity contribution in [2.75, 3.05) is 0 Å². The fraction of sp³-hybridized carbons (Fsp3) is 0.923. The summed E-state index contributed by atoms with van der Waals surface area (Å²) < 4.78 is 0. The van der Waals surface area contributed by atoms with Crippen LogP contribution in [0.4, 0.5) is 0 Å². The molecule has 0 heterocycles. The van der Waals surface area contributed by atoms with Crippen molar-refractivity contribution in [2.24, 2.45) is 11.8 Å². The van der Waals surface area contributed by atoms with Crippen molar-refractivity contribution in [3.8, 4) is 0 Å². The Labute approximate surface area is 84.1 Å². The minimum absolute atomic E-state index is 1.03. The number of hydrogen-bond acceptors (Lipinski definition) is 0. The first-order valence-corrected chi connectivity index (χ1v) is 6.18. The number of hydrogen-bond donors (Lipinski definition) is 0. The summed E-state index contributed by atoms with van der Waals surface area (Å²) in [6.07, 6.45) is 14.0. The smallest absolute Gasteiger partial charge is 0.0386 e. The summed E-state index contributed by atoms with van der Waals surface area (Å²) in [7, 11) is 0. The van der Waals surface area contributed by atoms with Crippen LogP contribution >= 0.6 is 0 Å². The monoisotopic (exact) mass is 181 g/mol. The van der Waals surface area contributed by atoms with Crippen LogP contribution in [0.1, 0.15) is 65.2 Å². The van der Waals surface area contributed by atoms with E-state index >= 15 is 0 Å². The molecule has 0 aromatic rings. The van der Waals surface area contributed by atoms with Gasteiger partial charge >= 0.3 is 0 Å². The third-order valence-electron chi connectivity index (χ3n) is 3.38. The summed E-state index contributed by atoms with van der Waals surface area (Å²) in [5.41, 5.74) is 0. The molecule has 1 rings (SSSR count). The van der Waals surface area contributed by atoms with Crippen molar-refractivity contribution in [1.29, 1.82) is 0 Å². The van der Waals surface area contributed by atoms with Crippen LogP contribution < -0.4 is 0 Å². The molecular formula is C13H25. The molecule has 0 heteroatoms. The van der Waals surface area contributed by atoms with Gasteiger partial charge < -0.3 is 0 Å². The summed E-state index contributed by atoms with van der Waals surface area (Å²) in [6, 6.07) is 0. The average molecular weight is 181 g/mol. The maximum Gasteiger partial charge on any atom is -0.0386 e. The van der Waals surface area contributed by atoms with Gasteiger partial charge in [-0.3, -0.25) is 0 Å². The van der Waals surface area contributed by atoms with Gasteiger partial charge in [0, 0.05) is 0 Å². The molecule has 0 bridgehead atoms. The zero-order valence-corrected chi connectivity index (χ0v) is 9.39. The van der Waals surface area contributed by atoms with Crippen LogP contribution in [0, 0.1) is 18.3 Å². The molecule has 1 aliphatic rings. The minimum Gasteiger partial charge on any atom is -0.0654 e. The number of unbranched alkanes of at least 4 members (excludes halogenated alkanes) is 1. The van der Waals surface area contributed by atoms with Crippen molar-refractivity contribution in [3.05, 3.63) is 6.42 Å². The lowest BCUT2D eigenvalue weighted by Crippen LogP contribution is -2.15.